The summed E-state index contributed by atoms with van der Waals surface area (Å²) in [6.07, 6.45) is -27.8. The van der Waals surface area contributed by atoms with Crippen LogP contribution in [0.15, 0.2) is 0 Å². The smallest absolute Gasteiger partial charge is 0.364 e. The highest BCUT2D eigenvalue weighted by Gasteiger charge is 2.60. The van der Waals surface area contributed by atoms with E-state index in [4.69, 9.17) is 23.7 Å². The lowest BCUT2D eigenvalue weighted by Gasteiger charge is -2.50. The van der Waals surface area contributed by atoms with Gasteiger partial charge in [-0.2, -0.15) is 0 Å². The van der Waals surface area contributed by atoms with Crippen LogP contribution in [0.4, 0.5) is 0 Å². The molecule has 1 amide bonds. The molecule has 3 aliphatic heterocycles. The van der Waals surface area contributed by atoms with Gasteiger partial charge in [0.15, 0.2) is 12.6 Å². The molecular weight excluding hydrogens is 594 g/mol. The van der Waals surface area contributed by atoms with Crippen LogP contribution in [0.25, 0.3) is 0 Å². The van der Waals surface area contributed by atoms with Gasteiger partial charge in [-0.05, 0) is 0 Å². The Balaban J connectivity index is 1.94. The van der Waals surface area contributed by atoms with Crippen molar-refractivity contribution in [3.05, 3.63) is 0 Å². The van der Waals surface area contributed by atoms with Crippen molar-refractivity contribution in [3.8, 4) is 0 Å². The summed E-state index contributed by atoms with van der Waals surface area (Å²) < 4.78 is 26.8. The van der Waals surface area contributed by atoms with Crippen molar-refractivity contribution >= 4 is 11.9 Å². The van der Waals surface area contributed by atoms with Gasteiger partial charge in [0, 0.05) is 13.3 Å². The molecule has 3 heterocycles. The molecule has 3 saturated heterocycles. The number of hydrogen-bond donors (Lipinski definition) is 13. The summed E-state index contributed by atoms with van der Waals surface area (Å²) in [7, 11) is 0. The zero-order valence-electron chi connectivity index (χ0n) is 22.7. The van der Waals surface area contributed by atoms with Crippen LogP contribution in [-0.4, -0.2) is 191 Å². The van der Waals surface area contributed by atoms with Crippen molar-refractivity contribution in [2.24, 2.45) is 0 Å². The van der Waals surface area contributed by atoms with E-state index >= 15 is 0 Å². The van der Waals surface area contributed by atoms with Gasteiger partial charge in [-0.1, -0.05) is 0 Å². The van der Waals surface area contributed by atoms with E-state index < -0.39 is 136 Å². The fourth-order valence-electron chi connectivity index (χ4n) is 5.16. The molecule has 13 N–H and O–H groups in total. The normalized spacial score (nSPS) is 45.3. The summed E-state index contributed by atoms with van der Waals surface area (Å²) in [5.74, 6) is -5.74. The molecule has 16 atom stereocenters. The average molecular weight is 634 g/mol. The first-order valence-electron chi connectivity index (χ1n) is 13.2. The Morgan fingerprint density at radius 3 is 2.07 bits per heavy atom. The van der Waals surface area contributed by atoms with Crippen LogP contribution in [-0.2, 0) is 33.3 Å². The van der Waals surface area contributed by atoms with Crippen molar-refractivity contribution in [1.82, 2.24) is 5.32 Å². The highest BCUT2D eigenvalue weighted by molar-refractivity contribution is 5.76. The molecule has 0 radical (unpaired) electrons. The third-order valence-electron chi connectivity index (χ3n) is 7.47. The van der Waals surface area contributed by atoms with Gasteiger partial charge in [0.05, 0.1) is 32.0 Å². The molecule has 0 spiro atoms. The van der Waals surface area contributed by atoms with Gasteiger partial charge in [0.25, 0.3) is 5.79 Å². The van der Waals surface area contributed by atoms with E-state index in [1.54, 1.807) is 0 Å². The minimum absolute atomic E-state index is 0.749. The standard InChI is InChI=1S/C23H39NO19/c1-6(28)24-11-7(29)2-23(22(37)38,42-18(11)12(31)8(30)3-25)43-19-13(32)9(4-26)40-21(16(19)35)41-17-10(5-27)39-20(36)15(34)14(17)33/h7-21,25-27,29-36H,2-5H2,1H3,(H,24,28)(H,37,38)/t7-,8-,9?,10+,11-,12-,13+,14?,15?,16?,17-,18?,19+,20?,21+,23+/m1/s1. The van der Waals surface area contributed by atoms with Crippen LogP contribution in [0.5, 0.6) is 0 Å². The summed E-state index contributed by atoms with van der Waals surface area (Å²) >= 11 is 0. The number of aliphatic hydroxyl groups is 11. The molecule has 43 heavy (non-hydrogen) atoms. The van der Waals surface area contributed by atoms with E-state index in [1.165, 1.54) is 0 Å². The molecule has 20 heteroatoms. The largest absolute Gasteiger partial charge is 0.477 e. The van der Waals surface area contributed by atoms with Crippen LogP contribution in [0.2, 0.25) is 0 Å². The summed E-state index contributed by atoms with van der Waals surface area (Å²) in [5, 5.41) is 124. The monoisotopic (exact) mass is 633 g/mol. The molecule has 0 aliphatic carbocycles. The Morgan fingerprint density at radius 2 is 1.53 bits per heavy atom. The molecule has 0 aromatic heterocycles. The number of carboxylic acid groups (broad SMARTS) is 1. The fourth-order valence-corrected chi connectivity index (χ4v) is 5.16. The minimum atomic E-state index is -3.02. The van der Waals surface area contributed by atoms with E-state index in [-0.39, 0.29) is 0 Å². The maximum Gasteiger partial charge on any atom is 0.364 e. The molecule has 3 aliphatic rings. The molecule has 3 rings (SSSR count). The van der Waals surface area contributed by atoms with Crippen molar-refractivity contribution in [2.75, 3.05) is 19.8 Å². The van der Waals surface area contributed by atoms with Crippen LogP contribution < -0.4 is 5.32 Å². The zero-order valence-corrected chi connectivity index (χ0v) is 22.7. The lowest BCUT2D eigenvalue weighted by molar-refractivity contribution is -0.385. The summed E-state index contributed by atoms with van der Waals surface area (Å²) in [5.41, 5.74) is 0. The second-order valence-electron chi connectivity index (χ2n) is 10.5. The van der Waals surface area contributed by atoms with E-state index in [2.05, 4.69) is 5.32 Å². The number of aliphatic carboxylic acids is 1. The highest BCUT2D eigenvalue weighted by atomic mass is 16.8. The Hall–Kier alpha value is -1.70. The predicted molar refractivity (Wildman–Crippen MR) is 130 cm³/mol. The lowest BCUT2D eigenvalue weighted by Crippen LogP contribution is -2.70. The molecule has 0 aromatic carbocycles. The van der Waals surface area contributed by atoms with Gasteiger partial charge in [0.2, 0.25) is 5.91 Å². The molecule has 250 valence electrons. The Bertz CT molecular complexity index is 942. The van der Waals surface area contributed by atoms with Gasteiger partial charge in [0.1, 0.15) is 67.1 Å². The van der Waals surface area contributed by atoms with Crippen LogP contribution in [0.3, 0.4) is 0 Å². The van der Waals surface area contributed by atoms with Gasteiger partial charge >= 0.3 is 5.97 Å². The molecule has 0 saturated carbocycles. The maximum absolute atomic E-state index is 12.5. The summed E-state index contributed by atoms with van der Waals surface area (Å²) in [6, 6.07) is -1.54. The number of hydrogen-bond acceptors (Lipinski definition) is 18. The van der Waals surface area contributed by atoms with Gasteiger partial charge < -0.3 is 90.3 Å². The Kier molecular flexibility index (Phi) is 12.1. The van der Waals surface area contributed by atoms with E-state index in [9.17, 15) is 70.9 Å². The van der Waals surface area contributed by atoms with Crippen LogP contribution >= 0.6 is 0 Å². The van der Waals surface area contributed by atoms with Crippen molar-refractivity contribution in [1.29, 1.82) is 0 Å². The predicted octanol–water partition coefficient (Wildman–Crippen LogP) is -8.22. The number of aliphatic hydroxyl groups excluding tert-OH is 11. The Morgan fingerprint density at radius 1 is 0.907 bits per heavy atom. The molecule has 3 fully saturated rings. The van der Waals surface area contributed by atoms with E-state index in [0.717, 1.165) is 6.92 Å². The topological polar surface area (TPSA) is 335 Å². The van der Waals surface area contributed by atoms with Crippen molar-refractivity contribution in [2.45, 2.75) is 111 Å². The first-order valence-corrected chi connectivity index (χ1v) is 13.2. The third kappa shape index (κ3) is 7.41. The summed E-state index contributed by atoms with van der Waals surface area (Å²) in [6.45, 7) is -1.85. The third-order valence-corrected chi connectivity index (χ3v) is 7.47. The number of nitrogens with one attached hydrogen (secondary N) is 1. The van der Waals surface area contributed by atoms with Crippen molar-refractivity contribution < 1.29 is 94.6 Å². The molecule has 20 nitrogen and oxygen atoms in total. The van der Waals surface area contributed by atoms with Gasteiger partial charge in [-0.3, -0.25) is 4.79 Å². The maximum atomic E-state index is 12.5. The number of carbonyl (C=O) groups excluding carboxylic acids is 1. The second kappa shape index (κ2) is 14.6. The minimum Gasteiger partial charge on any atom is -0.477 e. The molecular formula is C23H39NO19. The molecule has 0 aromatic rings. The zero-order chi connectivity index (χ0) is 32.4. The number of carboxylic acids is 1. The first-order chi connectivity index (χ1) is 20.1. The van der Waals surface area contributed by atoms with E-state index in [0.29, 0.717) is 0 Å². The van der Waals surface area contributed by atoms with Crippen molar-refractivity contribution in [3.63, 3.8) is 0 Å². The Labute approximate surface area is 243 Å². The number of rotatable bonds is 11. The molecule has 0 bridgehead atoms. The number of ether oxygens (including phenoxy) is 5. The average Bonchev–Trinajstić information content (AvgIpc) is 2.96. The lowest BCUT2D eigenvalue weighted by atomic mass is 9.88. The van der Waals surface area contributed by atoms with Gasteiger partial charge in [-0.25, -0.2) is 4.79 Å². The summed E-state index contributed by atoms with van der Waals surface area (Å²) in [4.78, 5) is 24.3. The number of carbonyl (C=O) groups is 2. The fraction of sp³-hybridized carbons (Fsp3) is 0.913. The number of amides is 1. The van der Waals surface area contributed by atoms with E-state index in [1.807, 2.05) is 0 Å². The quantitative estimate of drug-likeness (QED) is 0.100. The first kappa shape index (κ1) is 35.8. The SMILES string of the molecule is CC(=O)N[C@H]1C([C@H](O)[C@H](O)CO)O[C@@](O[C@@H]2C(O)[C@H](O[C@H]3C(O)C(O)C(O)O[C@H]3CO)OC(CO)[C@@H]2O)(C(=O)O)C[C@H]1O. The highest BCUT2D eigenvalue weighted by Crippen LogP contribution is 2.38. The second-order valence-corrected chi connectivity index (χ2v) is 10.5. The van der Waals surface area contributed by atoms with Crippen LogP contribution in [0, 0.1) is 0 Å². The molecule has 6 unspecified atom stereocenters. The van der Waals surface area contributed by atoms with Gasteiger partial charge in [-0.15, -0.1) is 0 Å². The van der Waals surface area contributed by atoms with Crippen LogP contribution in [0.1, 0.15) is 13.3 Å².